The Kier molecular flexibility index (Phi) is 3.56. The Labute approximate surface area is 114 Å². The number of methoxy groups -OCH3 is 1. The van der Waals surface area contributed by atoms with Crippen LogP contribution in [0.15, 0.2) is 30.3 Å². The van der Waals surface area contributed by atoms with Crippen molar-refractivity contribution in [3.63, 3.8) is 0 Å². The van der Waals surface area contributed by atoms with Crippen molar-refractivity contribution in [1.29, 1.82) is 0 Å². The van der Waals surface area contributed by atoms with Crippen molar-refractivity contribution in [2.75, 3.05) is 7.11 Å². The maximum absolute atomic E-state index is 11.9. The van der Waals surface area contributed by atoms with Crippen molar-refractivity contribution >= 4 is 5.97 Å². The smallest absolute Gasteiger partial charge is 0.310 e. The lowest BCUT2D eigenvalue weighted by molar-refractivity contribution is -0.149. The van der Waals surface area contributed by atoms with Crippen molar-refractivity contribution in [3.05, 3.63) is 35.9 Å². The number of nitrogens with zero attached hydrogens (tertiary/aromatic N) is 1. The highest BCUT2D eigenvalue weighted by molar-refractivity contribution is 5.73. The molecule has 2 aliphatic heterocycles. The third kappa shape index (κ3) is 2.39. The Morgan fingerprint density at radius 3 is 2.68 bits per heavy atom. The average molecular weight is 259 g/mol. The fraction of sp³-hybridized carbons (Fsp3) is 0.562. The highest BCUT2D eigenvalue weighted by Gasteiger charge is 2.45. The number of carbonyl (C=O) groups excluding carboxylic acids is 1. The van der Waals surface area contributed by atoms with Gasteiger partial charge in [0.1, 0.15) is 0 Å². The highest BCUT2D eigenvalue weighted by atomic mass is 16.5. The number of benzene rings is 1. The van der Waals surface area contributed by atoms with Crippen LogP contribution in [0.1, 0.15) is 31.2 Å². The van der Waals surface area contributed by atoms with Crippen LogP contribution in [-0.2, 0) is 16.1 Å². The minimum atomic E-state index is -0.0246. The van der Waals surface area contributed by atoms with Gasteiger partial charge in [-0.3, -0.25) is 9.69 Å². The van der Waals surface area contributed by atoms with E-state index in [1.807, 2.05) is 6.07 Å². The summed E-state index contributed by atoms with van der Waals surface area (Å²) >= 11 is 0. The molecule has 0 radical (unpaired) electrons. The summed E-state index contributed by atoms with van der Waals surface area (Å²) in [5, 5.41) is 0. The summed E-state index contributed by atoms with van der Waals surface area (Å²) in [5.74, 6) is 0.0517. The number of hydrogen-bond acceptors (Lipinski definition) is 3. The maximum atomic E-state index is 11.9. The van der Waals surface area contributed by atoms with Crippen LogP contribution in [0, 0.1) is 5.92 Å². The van der Waals surface area contributed by atoms with Crippen LogP contribution < -0.4 is 0 Å². The standard InChI is InChI=1S/C16H21NO2/c1-19-16(18)14-9-7-13-8-10-15(14)17(13)11-12-5-3-2-4-6-12/h2-6,13-15H,7-11H2,1H3. The number of ether oxygens (including phenoxy) is 1. The number of fused-ring (bicyclic) bond motifs is 2. The molecule has 3 heteroatoms. The summed E-state index contributed by atoms with van der Waals surface area (Å²) in [7, 11) is 1.50. The molecule has 2 heterocycles. The fourth-order valence-electron chi connectivity index (χ4n) is 3.74. The predicted octanol–water partition coefficient (Wildman–Crippen LogP) is 2.60. The Morgan fingerprint density at radius 2 is 1.95 bits per heavy atom. The van der Waals surface area contributed by atoms with Gasteiger partial charge >= 0.3 is 5.97 Å². The molecule has 3 unspecified atom stereocenters. The molecular formula is C16H21NO2. The van der Waals surface area contributed by atoms with E-state index >= 15 is 0 Å². The van der Waals surface area contributed by atoms with Gasteiger partial charge < -0.3 is 4.74 Å². The summed E-state index contributed by atoms with van der Waals surface area (Å²) in [6.07, 6.45) is 4.48. The summed E-state index contributed by atoms with van der Waals surface area (Å²) in [6, 6.07) is 11.6. The van der Waals surface area contributed by atoms with Gasteiger partial charge in [-0.25, -0.2) is 0 Å². The van der Waals surface area contributed by atoms with E-state index in [4.69, 9.17) is 4.74 Å². The van der Waals surface area contributed by atoms with Gasteiger partial charge in [0.25, 0.3) is 0 Å². The summed E-state index contributed by atoms with van der Waals surface area (Å²) in [5.41, 5.74) is 1.34. The van der Waals surface area contributed by atoms with Crippen LogP contribution in [0.4, 0.5) is 0 Å². The van der Waals surface area contributed by atoms with Gasteiger partial charge in [-0.2, -0.15) is 0 Å². The zero-order valence-corrected chi connectivity index (χ0v) is 11.4. The van der Waals surface area contributed by atoms with Crippen molar-refractivity contribution in [3.8, 4) is 0 Å². The van der Waals surface area contributed by atoms with Crippen LogP contribution in [-0.4, -0.2) is 30.1 Å². The number of piperidine rings is 1. The molecule has 0 amide bonds. The molecule has 2 aliphatic rings. The zero-order valence-electron chi connectivity index (χ0n) is 11.4. The monoisotopic (exact) mass is 259 g/mol. The normalized spacial score (nSPS) is 30.3. The summed E-state index contributed by atoms with van der Waals surface area (Å²) < 4.78 is 4.97. The number of rotatable bonds is 3. The molecule has 1 aromatic carbocycles. The lowest BCUT2D eigenvalue weighted by atomic mass is 9.90. The van der Waals surface area contributed by atoms with E-state index in [2.05, 4.69) is 29.2 Å². The molecular weight excluding hydrogens is 238 g/mol. The van der Waals surface area contributed by atoms with Gasteiger partial charge in [0.2, 0.25) is 0 Å². The Bertz CT molecular complexity index is 445. The molecule has 1 aromatic rings. The molecule has 0 spiro atoms. The molecule has 2 fully saturated rings. The van der Waals surface area contributed by atoms with Crippen LogP contribution in [0.2, 0.25) is 0 Å². The molecule has 19 heavy (non-hydrogen) atoms. The second-order valence-electron chi connectivity index (χ2n) is 5.66. The lowest BCUT2D eigenvalue weighted by Crippen LogP contribution is -2.47. The van der Waals surface area contributed by atoms with Gasteiger partial charge in [0, 0.05) is 18.6 Å². The van der Waals surface area contributed by atoms with Crippen molar-refractivity contribution in [2.24, 2.45) is 5.92 Å². The van der Waals surface area contributed by atoms with Gasteiger partial charge in [-0.05, 0) is 31.2 Å². The molecule has 2 bridgehead atoms. The molecule has 3 atom stereocenters. The topological polar surface area (TPSA) is 29.5 Å². The lowest BCUT2D eigenvalue weighted by Gasteiger charge is -2.38. The second-order valence-corrected chi connectivity index (χ2v) is 5.66. The first-order valence-electron chi connectivity index (χ1n) is 7.17. The summed E-state index contributed by atoms with van der Waals surface area (Å²) in [6.45, 7) is 0.962. The second kappa shape index (κ2) is 5.33. The van der Waals surface area contributed by atoms with Gasteiger partial charge in [0.05, 0.1) is 13.0 Å². The van der Waals surface area contributed by atoms with E-state index in [-0.39, 0.29) is 11.9 Å². The van der Waals surface area contributed by atoms with Gasteiger partial charge in [-0.15, -0.1) is 0 Å². The largest absolute Gasteiger partial charge is 0.469 e. The van der Waals surface area contributed by atoms with E-state index in [0.29, 0.717) is 12.1 Å². The summed E-state index contributed by atoms with van der Waals surface area (Å²) in [4.78, 5) is 14.4. The first-order chi connectivity index (χ1) is 9.29. The highest BCUT2D eigenvalue weighted by Crippen LogP contribution is 2.40. The van der Waals surface area contributed by atoms with Crippen molar-refractivity contribution in [1.82, 2.24) is 4.90 Å². The first-order valence-corrected chi connectivity index (χ1v) is 7.17. The Hall–Kier alpha value is -1.35. The van der Waals surface area contributed by atoms with E-state index in [1.54, 1.807) is 0 Å². The predicted molar refractivity (Wildman–Crippen MR) is 73.5 cm³/mol. The molecule has 2 saturated heterocycles. The van der Waals surface area contributed by atoms with Gasteiger partial charge in [0.15, 0.2) is 0 Å². The van der Waals surface area contributed by atoms with Crippen LogP contribution >= 0.6 is 0 Å². The van der Waals surface area contributed by atoms with Crippen molar-refractivity contribution < 1.29 is 9.53 Å². The van der Waals surface area contributed by atoms with E-state index < -0.39 is 0 Å². The zero-order chi connectivity index (χ0) is 13.2. The van der Waals surface area contributed by atoms with E-state index in [0.717, 1.165) is 25.8 Å². The fourth-order valence-corrected chi connectivity index (χ4v) is 3.74. The molecule has 3 rings (SSSR count). The number of esters is 1. The molecule has 0 aromatic heterocycles. The van der Waals surface area contributed by atoms with Crippen molar-refractivity contribution in [2.45, 2.75) is 44.3 Å². The maximum Gasteiger partial charge on any atom is 0.310 e. The van der Waals surface area contributed by atoms with E-state index in [1.165, 1.54) is 19.1 Å². The SMILES string of the molecule is COC(=O)C1CCC2CCC1N2Cc1ccccc1. The minimum absolute atomic E-state index is 0.0246. The van der Waals surface area contributed by atoms with Crippen LogP contribution in [0.3, 0.4) is 0 Å². The number of carbonyl (C=O) groups is 1. The average Bonchev–Trinajstić information content (AvgIpc) is 2.71. The van der Waals surface area contributed by atoms with Gasteiger partial charge in [-0.1, -0.05) is 30.3 Å². The molecule has 0 N–H and O–H groups in total. The van der Waals surface area contributed by atoms with E-state index in [9.17, 15) is 4.79 Å². The molecule has 102 valence electrons. The molecule has 3 nitrogen and oxygen atoms in total. The third-order valence-corrected chi connectivity index (χ3v) is 4.68. The van der Waals surface area contributed by atoms with Crippen LogP contribution in [0.5, 0.6) is 0 Å². The third-order valence-electron chi connectivity index (χ3n) is 4.68. The number of hydrogen-bond donors (Lipinski definition) is 0. The molecule has 0 aliphatic carbocycles. The quantitative estimate of drug-likeness (QED) is 0.781. The Morgan fingerprint density at radius 1 is 1.21 bits per heavy atom. The van der Waals surface area contributed by atoms with Crippen LogP contribution in [0.25, 0.3) is 0 Å². The molecule has 0 saturated carbocycles. The Balaban J connectivity index is 1.76. The first kappa shape index (κ1) is 12.7. The minimum Gasteiger partial charge on any atom is -0.469 e.